The van der Waals surface area contributed by atoms with Gasteiger partial charge in [-0.1, -0.05) is 122 Å². The molecule has 2 rings (SSSR count). The summed E-state index contributed by atoms with van der Waals surface area (Å²) in [5, 5.41) is 29.5. The Morgan fingerprint density at radius 1 is 0.825 bits per heavy atom. The van der Waals surface area contributed by atoms with E-state index in [0.717, 1.165) is 23.8 Å². The van der Waals surface area contributed by atoms with E-state index in [4.69, 9.17) is 10.5 Å². The zero-order valence-corrected chi connectivity index (χ0v) is 24.8. The number of anilines is 1. The molecule has 0 aliphatic carbocycles. The number of hydrogen-bond acceptors (Lipinski definition) is 8. The molecule has 0 unspecified atom stereocenters. The monoisotopic (exact) mass is 565 g/mol. The molecule has 1 aliphatic rings. The zero-order chi connectivity index (χ0) is 29.2. The van der Waals surface area contributed by atoms with Crippen LogP contribution in [0.3, 0.4) is 0 Å². The van der Waals surface area contributed by atoms with Crippen molar-refractivity contribution >= 4 is 11.6 Å². The molecule has 230 valence electrons. The molecule has 1 aromatic heterocycles. The largest absolute Gasteiger partial charge is 0.394 e. The second kappa shape index (κ2) is 20.1. The topological polar surface area (TPSA) is 148 Å². The summed E-state index contributed by atoms with van der Waals surface area (Å²) < 4.78 is 6.36. The van der Waals surface area contributed by atoms with Crippen LogP contribution in [0.2, 0.25) is 0 Å². The number of carbonyl (C=O) groups excluding carboxylic acids is 1. The highest BCUT2D eigenvalue weighted by Crippen LogP contribution is 2.29. The van der Waals surface area contributed by atoms with Gasteiger partial charge in [0.1, 0.15) is 24.1 Å². The summed E-state index contributed by atoms with van der Waals surface area (Å²) in [6, 6.07) is 0. The molecule has 9 nitrogen and oxygen atoms in total. The average molecular weight is 566 g/mol. The molecular weight excluding hydrogens is 510 g/mol. The molecule has 9 heteroatoms. The Bertz CT molecular complexity index is 892. The fourth-order valence-electron chi connectivity index (χ4n) is 5.49. The third kappa shape index (κ3) is 12.0. The van der Waals surface area contributed by atoms with Crippen LogP contribution >= 0.6 is 0 Å². The zero-order valence-electron chi connectivity index (χ0n) is 24.8. The minimum atomic E-state index is -1.44. The fraction of sp³-hybridized carbons (Fsp3) is 0.839. The van der Waals surface area contributed by atoms with E-state index in [2.05, 4.69) is 11.9 Å². The van der Waals surface area contributed by atoms with Crippen molar-refractivity contribution in [3.05, 3.63) is 22.2 Å². The Labute approximate surface area is 240 Å². The van der Waals surface area contributed by atoms with E-state index in [9.17, 15) is 24.9 Å². The second-order valence-corrected chi connectivity index (χ2v) is 11.5. The lowest BCUT2D eigenvalue weighted by atomic mass is 10.0. The second-order valence-electron chi connectivity index (χ2n) is 11.5. The van der Waals surface area contributed by atoms with Crippen LogP contribution in [-0.2, 0) is 4.74 Å². The number of nitrogen functional groups attached to an aromatic ring is 1. The van der Waals surface area contributed by atoms with Crippen molar-refractivity contribution in [2.45, 2.75) is 160 Å². The molecule has 0 bridgehead atoms. The normalized spacial score (nSPS) is 20.8. The predicted octanol–water partition coefficient (Wildman–Crippen LogP) is 5.44. The highest BCUT2D eigenvalue weighted by atomic mass is 16.6. The number of aliphatic hydroxyl groups excluding tert-OH is 3. The van der Waals surface area contributed by atoms with E-state index in [1.807, 2.05) is 0 Å². The molecule has 0 radical (unpaired) electrons. The number of ether oxygens (including phenoxy) is 1. The van der Waals surface area contributed by atoms with Gasteiger partial charge < -0.3 is 25.8 Å². The van der Waals surface area contributed by atoms with Crippen LogP contribution in [0.1, 0.15) is 152 Å². The van der Waals surface area contributed by atoms with Crippen LogP contribution in [0.15, 0.2) is 11.0 Å². The number of nitrogens with zero attached hydrogens (tertiary/aromatic N) is 2. The maximum Gasteiger partial charge on any atom is 0.351 e. The molecule has 0 amide bonds. The van der Waals surface area contributed by atoms with Gasteiger partial charge in [-0.05, 0) is 6.42 Å². The van der Waals surface area contributed by atoms with Gasteiger partial charge in [-0.15, -0.1) is 0 Å². The molecular formula is C31H55N3O6. The van der Waals surface area contributed by atoms with Gasteiger partial charge in [0, 0.05) is 12.6 Å². The van der Waals surface area contributed by atoms with Gasteiger partial charge in [0.25, 0.3) is 0 Å². The highest BCUT2D eigenvalue weighted by molar-refractivity contribution is 5.99. The van der Waals surface area contributed by atoms with E-state index in [-0.39, 0.29) is 17.2 Å². The van der Waals surface area contributed by atoms with Gasteiger partial charge in [-0.25, -0.2) is 4.79 Å². The lowest BCUT2D eigenvalue weighted by molar-refractivity contribution is -0.0550. The van der Waals surface area contributed by atoms with Crippen molar-refractivity contribution in [2.75, 3.05) is 12.3 Å². The Morgan fingerprint density at radius 3 is 1.70 bits per heavy atom. The van der Waals surface area contributed by atoms with Crippen molar-refractivity contribution in [1.82, 2.24) is 9.55 Å². The first kappa shape index (κ1) is 34.4. The van der Waals surface area contributed by atoms with Crippen molar-refractivity contribution in [3.63, 3.8) is 0 Å². The average Bonchev–Trinajstić information content (AvgIpc) is 3.22. The number of nitrogens with two attached hydrogens (primary N) is 1. The number of Topliss-reactive ketones (excluding diaryl/α,β-unsaturated/α-hetero) is 1. The molecule has 0 spiro atoms. The number of unbranched alkanes of at least 4 members (excludes halogenated alkanes) is 18. The summed E-state index contributed by atoms with van der Waals surface area (Å²) in [7, 11) is 0. The van der Waals surface area contributed by atoms with Gasteiger partial charge >= 0.3 is 5.69 Å². The SMILES string of the molecule is CCCCCCCCCCCCCCCCCCCCCC(=O)c1cn([C@@H]2O[C@H](CO)[C@@H](O)[C@@H]2O)c(=O)nc1N. The number of aromatic nitrogens is 2. The molecule has 1 aliphatic heterocycles. The maximum atomic E-state index is 12.8. The van der Waals surface area contributed by atoms with E-state index in [1.54, 1.807) is 0 Å². The van der Waals surface area contributed by atoms with Crippen molar-refractivity contribution in [3.8, 4) is 0 Å². The van der Waals surface area contributed by atoms with Crippen LogP contribution in [0.25, 0.3) is 0 Å². The third-order valence-electron chi connectivity index (χ3n) is 8.08. The van der Waals surface area contributed by atoms with Crippen molar-refractivity contribution in [1.29, 1.82) is 0 Å². The molecule has 5 N–H and O–H groups in total. The van der Waals surface area contributed by atoms with Crippen LogP contribution in [-0.4, -0.2) is 55.6 Å². The van der Waals surface area contributed by atoms with Gasteiger partial charge in [0.05, 0.1) is 12.2 Å². The van der Waals surface area contributed by atoms with Gasteiger partial charge in [0.2, 0.25) is 0 Å². The van der Waals surface area contributed by atoms with E-state index >= 15 is 0 Å². The Balaban J connectivity index is 1.52. The van der Waals surface area contributed by atoms with Crippen LogP contribution in [0, 0.1) is 0 Å². The Morgan fingerprint density at radius 2 is 1.27 bits per heavy atom. The fourth-order valence-corrected chi connectivity index (χ4v) is 5.49. The van der Waals surface area contributed by atoms with Crippen LogP contribution in [0.4, 0.5) is 5.82 Å². The number of carbonyl (C=O) groups is 1. The predicted molar refractivity (Wildman–Crippen MR) is 158 cm³/mol. The van der Waals surface area contributed by atoms with E-state index < -0.39 is 36.8 Å². The first-order valence-corrected chi connectivity index (χ1v) is 15.9. The Hall–Kier alpha value is -1.81. The lowest BCUT2D eigenvalue weighted by Crippen LogP contribution is -2.36. The van der Waals surface area contributed by atoms with Gasteiger partial charge in [0.15, 0.2) is 12.0 Å². The summed E-state index contributed by atoms with van der Waals surface area (Å²) in [5.41, 5.74) is 5.14. The molecule has 0 aromatic carbocycles. The van der Waals surface area contributed by atoms with Gasteiger partial charge in [-0.2, -0.15) is 4.98 Å². The minimum absolute atomic E-state index is 0.0970. The van der Waals surface area contributed by atoms with Crippen LogP contribution in [0.5, 0.6) is 0 Å². The highest BCUT2D eigenvalue weighted by Gasteiger charge is 2.44. The maximum absolute atomic E-state index is 12.8. The summed E-state index contributed by atoms with van der Waals surface area (Å²) in [6.45, 7) is 1.75. The number of ketones is 1. The summed E-state index contributed by atoms with van der Waals surface area (Å²) in [6.07, 6.45) is 20.8. The quantitative estimate of drug-likeness (QED) is 0.101. The van der Waals surface area contributed by atoms with E-state index in [0.29, 0.717) is 6.42 Å². The number of rotatable bonds is 23. The molecule has 0 saturated carbocycles. The number of hydrogen-bond donors (Lipinski definition) is 4. The first-order valence-electron chi connectivity index (χ1n) is 15.9. The molecule has 1 fully saturated rings. The van der Waals surface area contributed by atoms with Gasteiger partial charge in [-0.3, -0.25) is 9.36 Å². The molecule has 2 heterocycles. The third-order valence-corrected chi connectivity index (χ3v) is 8.08. The standard InChI is InChI=1S/C31H55N3O6/c1-2-3-4-5-6-7-8-9-10-11-12-13-14-15-16-17-18-19-20-21-25(36)24-22-34(31(39)33-29(24)32)30-28(38)27(37)26(23-35)40-30/h22,26-28,30,35,37-38H,2-21,23H2,1H3,(H2,32,33,39)/t26-,27-,28+,30-/m1/s1. The minimum Gasteiger partial charge on any atom is -0.394 e. The van der Waals surface area contributed by atoms with Crippen LogP contribution < -0.4 is 11.4 Å². The summed E-state index contributed by atoms with van der Waals surface area (Å²) in [5.74, 6) is -0.381. The Kier molecular flexibility index (Phi) is 17.3. The lowest BCUT2D eigenvalue weighted by Gasteiger charge is -2.18. The first-order chi connectivity index (χ1) is 19.4. The summed E-state index contributed by atoms with van der Waals surface area (Å²) >= 11 is 0. The molecule has 4 atom stereocenters. The summed E-state index contributed by atoms with van der Waals surface area (Å²) in [4.78, 5) is 28.8. The van der Waals surface area contributed by atoms with Crippen molar-refractivity contribution in [2.24, 2.45) is 0 Å². The van der Waals surface area contributed by atoms with E-state index in [1.165, 1.54) is 109 Å². The number of aliphatic hydroxyl groups is 3. The van der Waals surface area contributed by atoms with Crippen molar-refractivity contribution < 1.29 is 24.9 Å². The molecule has 1 saturated heterocycles. The smallest absolute Gasteiger partial charge is 0.351 e. The molecule has 1 aromatic rings. The molecule has 40 heavy (non-hydrogen) atoms.